The smallest absolute Gasteiger partial charge is 0.131 e. The molecule has 0 saturated heterocycles. The summed E-state index contributed by atoms with van der Waals surface area (Å²) >= 11 is 6.47. The number of rotatable bonds is 5. The van der Waals surface area contributed by atoms with E-state index in [9.17, 15) is 4.39 Å². The van der Waals surface area contributed by atoms with E-state index in [4.69, 9.17) is 16.3 Å². The molecule has 1 nitrogen and oxygen atoms in total. The molecule has 2 aromatic rings. The van der Waals surface area contributed by atoms with Crippen molar-refractivity contribution in [1.82, 2.24) is 0 Å². The van der Waals surface area contributed by atoms with Crippen molar-refractivity contribution in [3.63, 3.8) is 0 Å². The maximum absolute atomic E-state index is 14.1. The SMILES string of the molecule is CCC(C)c1ccc(C(Cl)c2c(F)cccc2OC)cc1. The molecule has 0 aliphatic carbocycles. The van der Waals surface area contributed by atoms with Gasteiger partial charge in [-0.25, -0.2) is 4.39 Å². The molecule has 3 heteroatoms. The van der Waals surface area contributed by atoms with Crippen LogP contribution in [0.15, 0.2) is 42.5 Å². The van der Waals surface area contributed by atoms with Crippen molar-refractivity contribution >= 4 is 11.6 Å². The molecule has 0 aliphatic rings. The van der Waals surface area contributed by atoms with Gasteiger partial charge in [-0.05, 0) is 35.6 Å². The van der Waals surface area contributed by atoms with Crippen LogP contribution in [-0.4, -0.2) is 7.11 Å². The first-order chi connectivity index (χ1) is 10.1. The van der Waals surface area contributed by atoms with E-state index in [1.165, 1.54) is 18.7 Å². The van der Waals surface area contributed by atoms with Gasteiger partial charge in [0.2, 0.25) is 0 Å². The highest BCUT2D eigenvalue weighted by molar-refractivity contribution is 6.22. The van der Waals surface area contributed by atoms with Crippen LogP contribution in [0.3, 0.4) is 0 Å². The maximum atomic E-state index is 14.1. The monoisotopic (exact) mass is 306 g/mol. The Hall–Kier alpha value is -1.54. The van der Waals surface area contributed by atoms with Gasteiger partial charge in [0.25, 0.3) is 0 Å². The number of hydrogen-bond acceptors (Lipinski definition) is 1. The summed E-state index contributed by atoms with van der Waals surface area (Å²) in [5, 5.41) is -0.563. The van der Waals surface area contributed by atoms with Crippen LogP contribution in [-0.2, 0) is 0 Å². The third-order valence-corrected chi connectivity index (χ3v) is 4.37. The number of benzene rings is 2. The normalized spacial score (nSPS) is 13.8. The topological polar surface area (TPSA) is 9.23 Å². The van der Waals surface area contributed by atoms with Gasteiger partial charge >= 0.3 is 0 Å². The van der Waals surface area contributed by atoms with Crippen LogP contribution >= 0.6 is 11.6 Å². The highest BCUT2D eigenvalue weighted by atomic mass is 35.5. The van der Waals surface area contributed by atoms with Gasteiger partial charge in [0.1, 0.15) is 11.6 Å². The Labute approximate surface area is 130 Å². The van der Waals surface area contributed by atoms with Crippen LogP contribution in [0, 0.1) is 5.82 Å². The molecule has 0 saturated carbocycles. The minimum atomic E-state index is -0.563. The van der Waals surface area contributed by atoms with E-state index in [0.29, 0.717) is 17.2 Å². The molecule has 0 N–H and O–H groups in total. The number of ether oxygens (including phenoxy) is 1. The molecule has 2 unspecified atom stereocenters. The summed E-state index contributed by atoms with van der Waals surface area (Å²) in [5.41, 5.74) is 2.52. The fraction of sp³-hybridized carbons (Fsp3) is 0.333. The summed E-state index contributed by atoms with van der Waals surface area (Å²) in [6.45, 7) is 4.35. The van der Waals surface area contributed by atoms with Gasteiger partial charge in [0, 0.05) is 0 Å². The molecule has 0 radical (unpaired) electrons. The van der Waals surface area contributed by atoms with Crippen molar-refractivity contribution in [2.45, 2.75) is 31.6 Å². The van der Waals surface area contributed by atoms with Gasteiger partial charge in [-0.3, -0.25) is 0 Å². The van der Waals surface area contributed by atoms with E-state index < -0.39 is 5.38 Å². The molecule has 2 atom stereocenters. The average molecular weight is 307 g/mol. The Morgan fingerprint density at radius 2 is 1.71 bits per heavy atom. The zero-order chi connectivity index (χ0) is 15.4. The predicted octanol–water partition coefficient (Wildman–Crippen LogP) is 5.68. The van der Waals surface area contributed by atoms with Gasteiger partial charge in [-0.1, -0.05) is 44.2 Å². The standard InChI is InChI=1S/C18H20ClFO/c1-4-12(2)13-8-10-14(11-9-13)18(19)17-15(20)6-5-7-16(17)21-3/h5-12,18H,4H2,1-3H3. The highest BCUT2D eigenvalue weighted by Crippen LogP contribution is 2.37. The summed E-state index contributed by atoms with van der Waals surface area (Å²) in [4.78, 5) is 0. The summed E-state index contributed by atoms with van der Waals surface area (Å²) in [6.07, 6.45) is 1.09. The molecular formula is C18H20ClFO. The van der Waals surface area contributed by atoms with E-state index >= 15 is 0 Å². The van der Waals surface area contributed by atoms with Crippen molar-refractivity contribution in [2.75, 3.05) is 7.11 Å². The van der Waals surface area contributed by atoms with Crippen LogP contribution in [0.4, 0.5) is 4.39 Å². The predicted molar refractivity (Wildman–Crippen MR) is 85.8 cm³/mol. The van der Waals surface area contributed by atoms with Crippen LogP contribution in [0.25, 0.3) is 0 Å². The lowest BCUT2D eigenvalue weighted by molar-refractivity contribution is 0.405. The first kappa shape index (κ1) is 15.8. The fourth-order valence-corrected chi connectivity index (χ4v) is 2.69. The second-order valence-corrected chi connectivity index (χ2v) is 5.63. The van der Waals surface area contributed by atoms with E-state index in [-0.39, 0.29) is 5.82 Å². The lowest BCUT2D eigenvalue weighted by atomic mass is 9.95. The van der Waals surface area contributed by atoms with Crippen LogP contribution in [0.5, 0.6) is 5.75 Å². The molecule has 0 heterocycles. The van der Waals surface area contributed by atoms with Crippen molar-refractivity contribution in [3.8, 4) is 5.75 Å². The van der Waals surface area contributed by atoms with Gasteiger partial charge in [-0.2, -0.15) is 0 Å². The average Bonchev–Trinajstić information content (AvgIpc) is 2.53. The van der Waals surface area contributed by atoms with E-state index in [1.807, 2.05) is 12.1 Å². The molecule has 0 aromatic heterocycles. The highest BCUT2D eigenvalue weighted by Gasteiger charge is 2.20. The van der Waals surface area contributed by atoms with Gasteiger partial charge in [-0.15, -0.1) is 11.6 Å². The summed E-state index contributed by atoms with van der Waals surface area (Å²) in [6, 6.07) is 12.8. The maximum Gasteiger partial charge on any atom is 0.131 e. The molecule has 21 heavy (non-hydrogen) atoms. The third-order valence-electron chi connectivity index (χ3n) is 3.90. The first-order valence-corrected chi connectivity index (χ1v) is 7.58. The van der Waals surface area contributed by atoms with Crippen LogP contribution in [0.1, 0.15) is 48.3 Å². The van der Waals surface area contributed by atoms with Crippen LogP contribution in [0.2, 0.25) is 0 Å². The summed E-state index contributed by atoms with van der Waals surface area (Å²) in [7, 11) is 1.52. The number of methoxy groups -OCH3 is 1. The molecule has 0 fully saturated rings. The Kier molecular flexibility index (Phi) is 5.24. The fourth-order valence-electron chi connectivity index (χ4n) is 2.34. The summed E-state index contributed by atoms with van der Waals surface area (Å²) in [5.74, 6) is 0.636. The van der Waals surface area contributed by atoms with E-state index in [0.717, 1.165) is 12.0 Å². The third kappa shape index (κ3) is 3.38. The molecule has 0 amide bonds. The zero-order valence-corrected chi connectivity index (χ0v) is 13.3. The summed E-state index contributed by atoms with van der Waals surface area (Å²) < 4.78 is 19.3. The number of hydrogen-bond donors (Lipinski definition) is 0. The lowest BCUT2D eigenvalue weighted by Crippen LogP contribution is -2.01. The van der Waals surface area contributed by atoms with Gasteiger partial charge in [0.05, 0.1) is 18.1 Å². The molecule has 0 spiro atoms. The molecule has 0 aliphatic heterocycles. The molecule has 2 aromatic carbocycles. The quantitative estimate of drug-likeness (QED) is 0.646. The zero-order valence-electron chi connectivity index (χ0n) is 12.6. The van der Waals surface area contributed by atoms with Crippen molar-refractivity contribution in [1.29, 1.82) is 0 Å². The second kappa shape index (κ2) is 6.95. The molecule has 112 valence electrons. The Morgan fingerprint density at radius 3 is 2.29 bits per heavy atom. The molecule has 0 bridgehead atoms. The van der Waals surface area contributed by atoms with Crippen molar-refractivity contribution < 1.29 is 9.13 Å². The minimum absolute atomic E-state index is 0.347. The van der Waals surface area contributed by atoms with Crippen molar-refractivity contribution in [3.05, 3.63) is 65.0 Å². The Bertz CT molecular complexity index is 595. The van der Waals surface area contributed by atoms with E-state index in [1.54, 1.807) is 12.1 Å². The molecule has 2 rings (SSSR count). The number of halogens is 2. The molecular weight excluding hydrogens is 287 g/mol. The van der Waals surface area contributed by atoms with E-state index in [2.05, 4.69) is 26.0 Å². The van der Waals surface area contributed by atoms with Crippen molar-refractivity contribution in [2.24, 2.45) is 0 Å². The van der Waals surface area contributed by atoms with Gasteiger partial charge in [0.15, 0.2) is 0 Å². The Balaban J connectivity index is 2.34. The largest absolute Gasteiger partial charge is 0.496 e. The second-order valence-electron chi connectivity index (χ2n) is 5.19. The van der Waals surface area contributed by atoms with Crippen LogP contribution < -0.4 is 4.74 Å². The number of alkyl halides is 1. The van der Waals surface area contributed by atoms with Gasteiger partial charge < -0.3 is 4.74 Å². The Morgan fingerprint density at radius 1 is 1.10 bits per heavy atom. The lowest BCUT2D eigenvalue weighted by Gasteiger charge is -2.16. The first-order valence-electron chi connectivity index (χ1n) is 7.14. The minimum Gasteiger partial charge on any atom is -0.496 e.